The number of methoxy groups -OCH3 is 1. The van der Waals surface area contributed by atoms with Crippen molar-refractivity contribution >= 4 is 40.1 Å². The van der Waals surface area contributed by atoms with Gasteiger partial charge in [0, 0.05) is 18.2 Å². The molecular weight excluding hydrogens is 491 g/mol. The Hall–Kier alpha value is -3.79. The van der Waals surface area contributed by atoms with E-state index in [1.54, 1.807) is 24.3 Å². The van der Waals surface area contributed by atoms with Gasteiger partial charge in [-0.1, -0.05) is 48.2 Å². The average molecular weight is 514 g/mol. The number of hydrogen-bond acceptors (Lipinski definition) is 5. The van der Waals surface area contributed by atoms with Crippen LogP contribution in [0.3, 0.4) is 0 Å². The number of amides is 2. The zero-order valence-corrected chi connectivity index (χ0v) is 20.0. The van der Waals surface area contributed by atoms with Crippen LogP contribution < -0.4 is 10.1 Å². The third-order valence-corrected chi connectivity index (χ3v) is 6.56. The van der Waals surface area contributed by atoms with Gasteiger partial charge >= 0.3 is 6.18 Å². The number of thioether (sulfide) groups is 1. The maximum Gasteiger partial charge on any atom is 0.416 e. The van der Waals surface area contributed by atoms with E-state index >= 15 is 0 Å². The maximum atomic E-state index is 13.1. The van der Waals surface area contributed by atoms with Gasteiger partial charge in [0.05, 0.1) is 24.9 Å². The number of benzene rings is 3. The van der Waals surface area contributed by atoms with Crippen LogP contribution in [0.1, 0.15) is 17.5 Å². The minimum Gasteiger partial charge on any atom is -0.497 e. The molecule has 1 heterocycles. The van der Waals surface area contributed by atoms with Crippen molar-refractivity contribution in [3.05, 3.63) is 90.0 Å². The molecule has 10 heteroatoms. The number of rotatable bonds is 6. The standard InChI is InChI=1S/C26H22F3N3O3S/c1-35-21-9-5-8-20(14-21)30-24(34)22-15-23(33)32(16-17-6-3-2-4-7-17)25(36-22)31-19-12-10-18(11-13-19)26(27,28)29/h2-14,22H,15-16H2,1H3,(H,30,34). The minimum absolute atomic E-state index is 0.0562. The van der Waals surface area contributed by atoms with Crippen LogP contribution >= 0.6 is 11.8 Å². The highest BCUT2D eigenvalue weighted by molar-refractivity contribution is 8.15. The Morgan fingerprint density at radius 1 is 1.08 bits per heavy atom. The molecule has 1 N–H and O–H groups in total. The van der Waals surface area contributed by atoms with Gasteiger partial charge in [0.25, 0.3) is 0 Å². The summed E-state index contributed by atoms with van der Waals surface area (Å²) in [7, 11) is 1.52. The van der Waals surface area contributed by atoms with Crippen LogP contribution in [0.15, 0.2) is 83.9 Å². The monoisotopic (exact) mass is 513 g/mol. The highest BCUT2D eigenvalue weighted by Gasteiger charge is 2.36. The molecule has 1 aliphatic rings. The molecule has 3 aromatic rings. The molecule has 36 heavy (non-hydrogen) atoms. The summed E-state index contributed by atoms with van der Waals surface area (Å²) in [5.41, 5.74) is 0.812. The first-order valence-electron chi connectivity index (χ1n) is 10.9. The summed E-state index contributed by atoms with van der Waals surface area (Å²) >= 11 is 1.09. The molecule has 6 nitrogen and oxygen atoms in total. The van der Waals surface area contributed by atoms with E-state index in [-0.39, 0.29) is 35.6 Å². The van der Waals surface area contributed by atoms with E-state index in [2.05, 4.69) is 10.3 Å². The summed E-state index contributed by atoms with van der Waals surface area (Å²) in [6, 6.07) is 20.4. The fourth-order valence-corrected chi connectivity index (χ4v) is 4.62. The quantitative estimate of drug-likeness (QED) is 0.447. The van der Waals surface area contributed by atoms with E-state index in [0.29, 0.717) is 11.4 Å². The lowest BCUT2D eigenvalue weighted by Gasteiger charge is -2.32. The second-order valence-corrected chi connectivity index (χ2v) is 9.11. The van der Waals surface area contributed by atoms with Gasteiger partial charge in [-0.2, -0.15) is 13.2 Å². The molecule has 1 fully saturated rings. The molecule has 0 saturated carbocycles. The molecule has 0 radical (unpaired) electrons. The number of aliphatic imine (C=N–C) groups is 1. The zero-order chi connectivity index (χ0) is 25.7. The Morgan fingerprint density at radius 3 is 2.47 bits per heavy atom. The molecule has 1 saturated heterocycles. The van der Waals surface area contributed by atoms with Crippen LogP contribution in [-0.2, 0) is 22.3 Å². The summed E-state index contributed by atoms with van der Waals surface area (Å²) in [5, 5.41) is 2.25. The molecule has 0 bridgehead atoms. The van der Waals surface area contributed by atoms with Gasteiger partial charge in [-0.05, 0) is 42.0 Å². The molecule has 2 amide bonds. The lowest BCUT2D eigenvalue weighted by molar-refractivity contribution is -0.137. The van der Waals surface area contributed by atoms with E-state index < -0.39 is 17.0 Å². The second kappa shape index (κ2) is 10.9. The van der Waals surface area contributed by atoms with E-state index in [4.69, 9.17) is 4.74 Å². The minimum atomic E-state index is -4.47. The van der Waals surface area contributed by atoms with Gasteiger partial charge < -0.3 is 10.1 Å². The number of hydrogen-bond donors (Lipinski definition) is 1. The maximum absolute atomic E-state index is 13.1. The molecule has 1 unspecified atom stereocenters. The van der Waals surface area contributed by atoms with E-state index in [1.165, 1.54) is 24.1 Å². The Labute approximate surface area is 210 Å². The van der Waals surface area contributed by atoms with Gasteiger partial charge in [0.15, 0.2) is 5.17 Å². The van der Waals surface area contributed by atoms with E-state index in [0.717, 1.165) is 29.5 Å². The number of nitrogens with one attached hydrogen (secondary N) is 1. The molecular formula is C26H22F3N3O3S. The van der Waals surface area contributed by atoms with Crippen molar-refractivity contribution in [3.63, 3.8) is 0 Å². The van der Waals surface area contributed by atoms with E-state index in [1.807, 2.05) is 30.3 Å². The zero-order valence-electron chi connectivity index (χ0n) is 19.2. The summed E-state index contributed by atoms with van der Waals surface area (Å²) in [5.74, 6) is -0.131. The van der Waals surface area contributed by atoms with Crippen molar-refractivity contribution < 1.29 is 27.5 Å². The number of halogens is 3. The number of carbonyl (C=O) groups excluding carboxylic acids is 2. The summed E-state index contributed by atoms with van der Waals surface area (Å²) in [4.78, 5) is 32.0. The lowest BCUT2D eigenvalue weighted by atomic mass is 10.2. The molecule has 0 spiro atoms. The third-order valence-electron chi connectivity index (χ3n) is 5.37. The summed E-state index contributed by atoms with van der Waals surface area (Å²) in [6.45, 7) is 0.219. The van der Waals surface area contributed by atoms with Crippen LogP contribution in [0.2, 0.25) is 0 Å². The molecule has 1 atom stereocenters. The van der Waals surface area contributed by atoms with Crippen LogP contribution in [0.25, 0.3) is 0 Å². The van der Waals surface area contributed by atoms with Crippen LogP contribution in [0, 0.1) is 0 Å². The number of carbonyl (C=O) groups is 2. The highest BCUT2D eigenvalue weighted by atomic mass is 32.2. The lowest BCUT2D eigenvalue weighted by Crippen LogP contribution is -2.44. The Bertz CT molecular complexity index is 1260. The molecule has 1 aliphatic heterocycles. The summed E-state index contributed by atoms with van der Waals surface area (Å²) < 4.78 is 44.0. The van der Waals surface area contributed by atoms with Crippen molar-refractivity contribution in [2.24, 2.45) is 4.99 Å². The fraction of sp³-hybridized carbons (Fsp3) is 0.192. The summed E-state index contributed by atoms with van der Waals surface area (Å²) in [6.07, 6.45) is -4.52. The van der Waals surface area contributed by atoms with Crippen molar-refractivity contribution in [1.82, 2.24) is 4.90 Å². The second-order valence-electron chi connectivity index (χ2n) is 7.94. The number of amidine groups is 1. The van der Waals surface area contributed by atoms with Gasteiger partial charge in [0.2, 0.25) is 11.8 Å². The van der Waals surface area contributed by atoms with Gasteiger partial charge in [-0.25, -0.2) is 4.99 Å². The molecule has 0 aromatic heterocycles. The number of ether oxygens (including phenoxy) is 1. The SMILES string of the molecule is COc1cccc(NC(=O)C2CC(=O)N(Cc3ccccc3)C(=Nc3ccc(C(F)(F)F)cc3)S2)c1. The molecule has 4 rings (SSSR count). The molecule has 3 aromatic carbocycles. The van der Waals surface area contributed by atoms with E-state index in [9.17, 15) is 22.8 Å². The Kier molecular flexibility index (Phi) is 7.64. The predicted octanol–water partition coefficient (Wildman–Crippen LogP) is 5.87. The topological polar surface area (TPSA) is 71.0 Å². The largest absolute Gasteiger partial charge is 0.497 e. The number of anilines is 1. The van der Waals surface area contributed by atoms with Crippen molar-refractivity contribution in [2.75, 3.05) is 12.4 Å². The fourth-order valence-electron chi connectivity index (χ4n) is 3.52. The first-order chi connectivity index (χ1) is 17.2. The van der Waals surface area contributed by atoms with Crippen molar-refractivity contribution in [1.29, 1.82) is 0 Å². The van der Waals surface area contributed by atoms with Gasteiger partial charge in [0.1, 0.15) is 11.0 Å². The first-order valence-corrected chi connectivity index (χ1v) is 11.8. The first kappa shape index (κ1) is 25.3. The van der Waals surface area contributed by atoms with Crippen LogP contribution in [0.5, 0.6) is 5.75 Å². The predicted molar refractivity (Wildman–Crippen MR) is 133 cm³/mol. The molecule has 186 valence electrons. The normalized spacial score (nSPS) is 17.2. The van der Waals surface area contributed by atoms with Gasteiger partial charge in [-0.15, -0.1) is 0 Å². The van der Waals surface area contributed by atoms with Crippen LogP contribution in [-0.4, -0.2) is 34.2 Å². The smallest absolute Gasteiger partial charge is 0.416 e. The number of alkyl halides is 3. The molecule has 0 aliphatic carbocycles. The van der Waals surface area contributed by atoms with Crippen molar-refractivity contribution in [2.45, 2.75) is 24.4 Å². The Balaban J connectivity index is 1.60. The van der Waals surface area contributed by atoms with Crippen LogP contribution in [0.4, 0.5) is 24.5 Å². The van der Waals surface area contributed by atoms with Gasteiger partial charge in [-0.3, -0.25) is 14.5 Å². The van der Waals surface area contributed by atoms with Crippen molar-refractivity contribution in [3.8, 4) is 5.75 Å². The number of nitrogens with zero attached hydrogens (tertiary/aromatic N) is 2. The average Bonchev–Trinajstić information content (AvgIpc) is 2.86. The highest BCUT2D eigenvalue weighted by Crippen LogP contribution is 2.33. The third kappa shape index (κ3) is 6.25. The Morgan fingerprint density at radius 2 is 1.81 bits per heavy atom.